The van der Waals surface area contributed by atoms with E-state index in [1.54, 1.807) is 37.4 Å². The number of ether oxygens (including phenoxy) is 1. The first-order valence-corrected chi connectivity index (χ1v) is 10.7. The number of para-hydroxylation sites is 1. The number of carbonyl (C=O) groups excluding carboxylic acids is 1. The first-order chi connectivity index (χ1) is 15.5. The van der Waals surface area contributed by atoms with Crippen LogP contribution in [0.15, 0.2) is 54.7 Å². The smallest absolute Gasteiger partial charge is 0.325 e. The van der Waals surface area contributed by atoms with Gasteiger partial charge in [0.1, 0.15) is 5.75 Å². The van der Waals surface area contributed by atoms with Crippen LogP contribution in [0.25, 0.3) is 21.8 Å². The number of benzene rings is 2. The number of anilines is 1. The van der Waals surface area contributed by atoms with Crippen molar-refractivity contribution in [1.29, 1.82) is 0 Å². The predicted octanol–water partition coefficient (Wildman–Crippen LogP) is 3.45. The Hall–Kier alpha value is -3.65. The van der Waals surface area contributed by atoms with E-state index in [1.165, 1.54) is 0 Å². The first kappa shape index (κ1) is 20.3. The second-order valence-corrected chi connectivity index (χ2v) is 8.23. The van der Waals surface area contributed by atoms with Crippen molar-refractivity contribution in [2.24, 2.45) is 0 Å². The van der Waals surface area contributed by atoms with E-state index in [2.05, 4.69) is 5.32 Å². The average Bonchev–Trinajstić information content (AvgIpc) is 3.22. The molecule has 0 atom stereocenters. The number of amides is 1. The first-order valence-electron chi connectivity index (χ1n) is 10.7. The van der Waals surface area contributed by atoms with E-state index < -0.39 is 5.91 Å². The van der Waals surface area contributed by atoms with E-state index in [4.69, 9.17) is 9.84 Å². The second kappa shape index (κ2) is 8.12. The zero-order chi connectivity index (χ0) is 22.2. The highest BCUT2D eigenvalue weighted by Gasteiger charge is 2.25. The van der Waals surface area contributed by atoms with Crippen molar-refractivity contribution in [3.05, 3.63) is 60.4 Å². The minimum Gasteiger partial charge on any atom is -0.494 e. The van der Waals surface area contributed by atoms with Crippen molar-refractivity contribution in [2.75, 3.05) is 12.4 Å². The topological polar surface area (TPSA) is 100 Å². The number of rotatable bonds is 4. The van der Waals surface area contributed by atoms with Gasteiger partial charge < -0.3 is 15.2 Å². The summed E-state index contributed by atoms with van der Waals surface area (Å²) in [4.78, 5) is 13.0. The highest BCUT2D eigenvalue weighted by molar-refractivity contribution is 6.04. The lowest BCUT2D eigenvalue weighted by molar-refractivity contribution is -0.885. The molecule has 0 radical (unpaired) electrons. The summed E-state index contributed by atoms with van der Waals surface area (Å²) in [5.74, 6) is 0.0324. The van der Waals surface area contributed by atoms with Gasteiger partial charge in [0.15, 0.2) is 0 Å². The third kappa shape index (κ3) is 3.62. The molecular weight excluding hydrogens is 408 g/mol. The summed E-state index contributed by atoms with van der Waals surface area (Å²) in [6.07, 6.45) is 5.07. The molecule has 164 valence electrons. The van der Waals surface area contributed by atoms with Gasteiger partial charge in [0, 0.05) is 34.5 Å². The molecule has 0 unspecified atom stereocenters. The van der Waals surface area contributed by atoms with Crippen LogP contribution in [0, 0.1) is 0 Å². The third-order valence-electron chi connectivity index (χ3n) is 6.18. The van der Waals surface area contributed by atoms with Crippen LogP contribution >= 0.6 is 0 Å². The van der Waals surface area contributed by atoms with Gasteiger partial charge >= 0.3 is 11.6 Å². The van der Waals surface area contributed by atoms with Crippen LogP contribution in [0.4, 0.5) is 5.69 Å². The second-order valence-electron chi connectivity index (χ2n) is 8.23. The highest BCUT2D eigenvalue weighted by Crippen LogP contribution is 2.33. The Labute approximate surface area is 184 Å². The maximum atomic E-state index is 13.0. The van der Waals surface area contributed by atoms with E-state index >= 15 is 0 Å². The van der Waals surface area contributed by atoms with Crippen LogP contribution in [0.2, 0.25) is 0 Å². The van der Waals surface area contributed by atoms with Crippen molar-refractivity contribution in [2.45, 2.75) is 37.8 Å². The summed E-state index contributed by atoms with van der Waals surface area (Å²) >= 11 is 0. The number of aromatic nitrogens is 3. The van der Waals surface area contributed by atoms with Crippen molar-refractivity contribution in [3.8, 4) is 5.75 Å². The van der Waals surface area contributed by atoms with Crippen molar-refractivity contribution >= 4 is 33.4 Å². The Balaban J connectivity index is 1.45. The number of hydrogen-bond acceptors (Lipinski definition) is 5. The number of methoxy groups -OCH3 is 1. The monoisotopic (exact) mass is 433 g/mol. The minimum atomic E-state index is -0.454. The van der Waals surface area contributed by atoms with E-state index in [-0.39, 0.29) is 17.8 Å². The molecule has 1 saturated carbocycles. The molecule has 0 bridgehead atoms. The summed E-state index contributed by atoms with van der Waals surface area (Å²) < 4.78 is 8.34. The van der Waals surface area contributed by atoms with Crippen LogP contribution in [-0.2, 0) is 0 Å². The molecule has 0 saturated heterocycles. The van der Waals surface area contributed by atoms with Crippen molar-refractivity contribution in [1.82, 2.24) is 9.78 Å². The van der Waals surface area contributed by atoms with E-state index in [0.717, 1.165) is 46.7 Å². The van der Waals surface area contributed by atoms with Gasteiger partial charge in [-0.2, -0.15) is 5.10 Å². The van der Waals surface area contributed by atoms with Gasteiger partial charge in [-0.1, -0.05) is 12.1 Å². The summed E-state index contributed by atoms with van der Waals surface area (Å²) in [6.45, 7) is 0. The standard InChI is InChI=1S/C24H24N4O4/c1-32-23-13-19-16(14-27(26-19)17-7-9-18(29)10-8-17)12-20(23)25-24(30)22-11-6-15-4-2-3-5-21(15)28(22)31/h2-6,11-14,17-18,29H,7-10H2,1H3,(H-,25,30,31)/p+1. The quantitative estimate of drug-likeness (QED) is 0.338. The fourth-order valence-corrected chi connectivity index (χ4v) is 4.40. The van der Waals surface area contributed by atoms with Crippen LogP contribution in [0.1, 0.15) is 42.2 Å². The molecule has 32 heavy (non-hydrogen) atoms. The Bertz CT molecular complexity index is 1310. The van der Waals surface area contributed by atoms with E-state index in [1.807, 2.05) is 29.1 Å². The van der Waals surface area contributed by atoms with Gasteiger partial charge in [0.2, 0.25) is 0 Å². The SMILES string of the molecule is COc1cc2nn(C3CCC(O)CC3)cc2cc1NC(=O)c1ccc2ccccc2[n+]1O. The molecular formula is C24H25N4O4+. The molecule has 5 rings (SSSR count). The lowest BCUT2D eigenvalue weighted by atomic mass is 9.93. The number of aliphatic hydroxyl groups excluding tert-OH is 1. The molecule has 8 heteroatoms. The molecule has 1 fully saturated rings. The number of nitrogens with zero attached hydrogens (tertiary/aromatic N) is 3. The number of hydrogen-bond donors (Lipinski definition) is 3. The fraction of sp³-hybridized carbons (Fsp3) is 0.292. The number of pyridine rings is 1. The molecule has 1 amide bonds. The highest BCUT2D eigenvalue weighted by atomic mass is 16.5. The predicted molar refractivity (Wildman–Crippen MR) is 119 cm³/mol. The van der Waals surface area contributed by atoms with Crippen molar-refractivity contribution < 1.29 is 24.6 Å². The number of fused-ring (bicyclic) bond motifs is 2. The molecule has 2 aromatic carbocycles. The molecule has 4 aromatic rings. The summed E-state index contributed by atoms with van der Waals surface area (Å²) in [6, 6.07) is 14.5. The maximum absolute atomic E-state index is 13.0. The lowest BCUT2D eigenvalue weighted by Crippen LogP contribution is -2.40. The normalized spacial score (nSPS) is 18.7. The number of nitrogens with one attached hydrogen (secondary N) is 1. The molecule has 0 aliphatic heterocycles. The Kier molecular flexibility index (Phi) is 5.14. The number of aliphatic hydroxyl groups is 1. The Morgan fingerprint density at radius 1 is 1.12 bits per heavy atom. The van der Waals surface area contributed by atoms with Gasteiger partial charge in [-0.15, -0.1) is 0 Å². The molecule has 1 aliphatic carbocycles. The van der Waals surface area contributed by atoms with E-state index in [0.29, 0.717) is 17.0 Å². The largest absolute Gasteiger partial charge is 0.494 e. The van der Waals surface area contributed by atoms with Gasteiger partial charge in [0.25, 0.3) is 5.52 Å². The lowest BCUT2D eigenvalue weighted by Gasteiger charge is -2.25. The molecule has 8 nitrogen and oxygen atoms in total. The maximum Gasteiger partial charge on any atom is 0.325 e. The summed E-state index contributed by atoms with van der Waals surface area (Å²) in [7, 11) is 1.54. The van der Waals surface area contributed by atoms with Gasteiger partial charge in [-0.25, -0.2) is 0 Å². The number of carbonyl (C=O) groups is 1. The summed E-state index contributed by atoms with van der Waals surface area (Å²) in [5, 5.41) is 29.6. The minimum absolute atomic E-state index is 0.113. The molecule has 3 N–H and O–H groups in total. The average molecular weight is 433 g/mol. The Morgan fingerprint density at radius 2 is 1.91 bits per heavy atom. The van der Waals surface area contributed by atoms with Crippen LogP contribution < -0.4 is 14.8 Å². The zero-order valence-corrected chi connectivity index (χ0v) is 17.7. The fourth-order valence-electron chi connectivity index (χ4n) is 4.40. The van der Waals surface area contributed by atoms with Crippen LogP contribution in [0.3, 0.4) is 0 Å². The Morgan fingerprint density at radius 3 is 2.69 bits per heavy atom. The van der Waals surface area contributed by atoms with Gasteiger partial charge in [0.05, 0.1) is 35.8 Å². The van der Waals surface area contributed by atoms with E-state index in [9.17, 15) is 15.1 Å². The molecule has 0 spiro atoms. The zero-order valence-electron chi connectivity index (χ0n) is 17.7. The molecule has 2 aromatic heterocycles. The van der Waals surface area contributed by atoms with Crippen LogP contribution in [-0.4, -0.2) is 39.2 Å². The third-order valence-corrected chi connectivity index (χ3v) is 6.18. The molecule has 1 aliphatic rings. The van der Waals surface area contributed by atoms with Crippen LogP contribution in [0.5, 0.6) is 5.75 Å². The van der Waals surface area contributed by atoms with Gasteiger partial charge in [-0.3, -0.25) is 14.7 Å². The summed E-state index contributed by atoms with van der Waals surface area (Å²) in [5.41, 5.74) is 1.93. The van der Waals surface area contributed by atoms with Crippen molar-refractivity contribution in [3.63, 3.8) is 0 Å². The van der Waals surface area contributed by atoms with Gasteiger partial charge in [-0.05, 0) is 43.9 Å². The molecule has 2 heterocycles.